The molecule has 18 heavy (non-hydrogen) atoms. The first-order chi connectivity index (χ1) is 8.67. The third kappa shape index (κ3) is 3.74. The van der Waals surface area contributed by atoms with Gasteiger partial charge in [0.05, 0.1) is 0 Å². The Kier molecular flexibility index (Phi) is 4.65. The number of hydrogen-bond donors (Lipinski definition) is 1. The lowest BCUT2D eigenvalue weighted by Gasteiger charge is -2.19. The second kappa shape index (κ2) is 6.24. The van der Waals surface area contributed by atoms with E-state index in [0.717, 1.165) is 0 Å². The molecule has 100 valence electrons. The maximum atomic E-state index is 3.72. The Morgan fingerprint density at radius 1 is 1.11 bits per heavy atom. The third-order valence-corrected chi connectivity index (χ3v) is 3.86. The maximum absolute atomic E-state index is 3.72. The summed E-state index contributed by atoms with van der Waals surface area (Å²) in [5, 5.41) is 3.72. The summed E-state index contributed by atoms with van der Waals surface area (Å²) in [6.07, 6.45) is 3.88. The molecule has 1 N–H and O–H groups in total. The number of nitrogens with one attached hydrogen (secondary N) is 1. The molecule has 1 heterocycles. The van der Waals surface area contributed by atoms with E-state index >= 15 is 0 Å². The predicted molar refractivity (Wildman–Crippen MR) is 79.3 cm³/mol. The van der Waals surface area contributed by atoms with Gasteiger partial charge >= 0.3 is 0 Å². The fraction of sp³-hybridized carbons (Fsp3) is 0.625. The monoisotopic (exact) mass is 246 g/mol. The lowest BCUT2D eigenvalue weighted by molar-refractivity contribution is 0.300. The normalized spacial score (nSPS) is 21.6. The smallest absolute Gasteiger partial charge is 0.0347 e. The highest BCUT2D eigenvalue weighted by atomic mass is 15.1. The van der Waals surface area contributed by atoms with Crippen molar-refractivity contribution in [2.24, 2.45) is 0 Å². The van der Waals surface area contributed by atoms with Crippen LogP contribution in [-0.4, -0.2) is 30.6 Å². The SMILES string of the molecule is CCN1CCCC(Nc2cc(C)cc(C)c2)CC1. The van der Waals surface area contributed by atoms with E-state index in [1.165, 1.54) is 55.7 Å². The largest absolute Gasteiger partial charge is 0.382 e. The van der Waals surface area contributed by atoms with Gasteiger partial charge in [-0.1, -0.05) is 13.0 Å². The quantitative estimate of drug-likeness (QED) is 0.877. The molecule has 1 unspecified atom stereocenters. The Bertz CT molecular complexity index is 366. The van der Waals surface area contributed by atoms with E-state index in [4.69, 9.17) is 0 Å². The van der Waals surface area contributed by atoms with E-state index in [2.05, 4.69) is 49.2 Å². The molecular formula is C16H26N2. The molecular weight excluding hydrogens is 220 g/mol. The second-order valence-corrected chi connectivity index (χ2v) is 5.58. The average molecular weight is 246 g/mol. The molecule has 1 aliphatic heterocycles. The van der Waals surface area contributed by atoms with Crippen LogP contribution < -0.4 is 5.32 Å². The zero-order valence-corrected chi connectivity index (χ0v) is 12.0. The van der Waals surface area contributed by atoms with Gasteiger partial charge in [-0.2, -0.15) is 0 Å². The standard InChI is InChI=1S/C16H26N2/c1-4-18-8-5-6-15(7-9-18)17-16-11-13(2)10-14(3)12-16/h10-12,15,17H,4-9H2,1-3H3. The average Bonchev–Trinajstić information content (AvgIpc) is 2.53. The molecule has 2 heteroatoms. The van der Waals surface area contributed by atoms with Crippen LogP contribution in [0.1, 0.15) is 37.3 Å². The highest BCUT2D eigenvalue weighted by Gasteiger charge is 2.15. The summed E-state index contributed by atoms with van der Waals surface area (Å²) in [5.74, 6) is 0. The molecule has 1 aromatic carbocycles. The van der Waals surface area contributed by atoms with Crippen molar-refractivity contribution in [2.45, 2.75) is 46.1 Å². The number of likely N-dealkylation sites (tertiary alicyclic amines) is 1. The van der Waals surface area contributed by atoms with Gasteiger partial charge in [-0.15, -0.1) is 0 Å². The minimum atomic E-state index is 0.641. The van der Waals surface area contributed by atoms with Crippen LogP contribution in [0, 0.1) is 13.8 Å². The first-order valence-electron chi connectivity index (χ1n) is 7.24. The summed E-state index contributed by atoms with van der Waals surface area (Å²) in [6.45, 7) is 10.3. The van der Waals surface area contributed by atoms with Gasteiger partial charge < -0.3 is 10.2 Å². The maximum Gasteiger partial charge on any atom is 0.0347 e. The minimum absolute atomic E-state index is 0.641. The molecule has 0 spiro atoms. The minimum Gasteiger partial charge on any atom is -0.382 e. The summed E-state index contributed by atoms with van der Waals surface area (Å²) in [6, 6.07) is 7.39. The molecule has 0 bridgehead atoms. The molecule has 1 aliphatic rings. The Labute approximate surface area is 111 Å². The van der Waals surface area contributed by atoms with Gasteiger partial charge in [0.1, 0.15) is 0 Å². The van der Waals surface area contributed by atoms with Crippen molar-refractivity contribution in [3.05, 3.63) is 29.3 Å². The van der Waals surface area contributed by atoms with Crippen LogP contribution in [0.25, 0.3) is 0 Å². The first kappa shape index (κ1) is 13.4. The van der Waals surface area contributed by atoms with Crippen molar-refractivity contribution in [3.8, 4) is 0 Å². The second-order valence-electron chi connectivity index (χ2n) is 5.58. The van der Waals surface area contributed by atoms with E-state index in [-0.39, 0.29) is 0 Å². The highest BCUT2D eigenvalue weighted by Crippen LogP contribution is 2.19. The molecule has 1 saturated heterocycles. The molecule has 0 saturated carbocycles. The summed E-state index contributed by atoms with van der Waals surface area (Å²) in [4.78, 5) is 2.56. The zero-order valence-electron chi connectivity index (χ0n) is 12.0. The summed E-state index contributed by atoms with van der Waals surface area (Å²) in [7, 11) is 0. The molecule has 2 nitrogen and oxygen atoms in total. The molecule has 0 amide bonds. The van der Waals surface area contributed by atoms with Gasteiger partial charge in [-0.05, 0) is 69.5 Å². The van der Waals surface area contributed by atoms with Crippen LogP contribution in [0.4, 0.5) is 5.69 Å². The topological polar surface area (TPSA) is 15.3 Å². The van der Waals surface area contributed by atoms with Crippen LogP contribution in [0.5, 0.6) is 0 Å². The van der Waals surface area contributed by atoms with Crippen LogP contribution in [-0.2, 0) is 0 Å². The highest BCUT2D eigenvalue weighted by molar-refractivity contribution is 5.49. The number of rotatable bonds is 3. The van der Waals surface area contributed by atoms with Gasteiger partial charge in [0, 0.05) is 18.3 Å². The van der Waals surface area contributed by atoms with Crippen molar-refractivity contribution in [3.63, 3.8) is 0 Å². The molecule has 0 radical (unpaired) electrons. The van der Waals surface area contributed by atoms with Gasteiger partial charge in [0.15, 0.2) is 0 Å². The zero-order chi connectivity index (χ0) is 13.0. The van der Waals surface area contributed by atoms with Crippen LogP contribution in [0.2, 0.25) is 0 Å². The molecule has 0 aromatic heterocycles. The third-order valence-electron chi connectivity index (χ3n) is 3.86. The fourth-order valence-corrected chi connectivity index (χ4v) is 2.91. The van der Waals surface area contributed by atoms with Crippen LogP contribution in [0.15, 0.2) is 18.2 Å². The Balaban J connectivity index is 1.96. The Morgan fingerprint density at radius 3 is 2.50 bits per heavy atom. The number of anilines is 1. The van der Waals surface area contributed by atoms with E-state index < -0.39 is 0 Å². The summed E-state index contributed by atoms with van der Waals surface area (Å²) in [5.41, 5.74) is 3.99. The Hall–Kier alpha value is -1.02. The van der Waals surface area contributed by atoms with Crippen LogP contribution in [0.3, 0.4) is 0 Å². The Morgan fingerprint density at radius 2 is 1.83 bits per heavy atom. The lowest BCUT2D eigenvalue weighted by Crippen LogP contribution is -2.26. The number of nitrogens with zero attached hydrogens (tertiary/aromatic N) is 1. The van der Waals surface area contributed by atoms with E-state index in [0.29, 0.717) is 6.04 Å². The van der Waals surface area contributed by atoms with Crippen LogP contribution >= 0.6 is 0 Å². The van der Waals surface area contributed by atoms with Crippen molar-refractivity contribution in [1.29, 1.82) is 0 Å². The van der Waals surface area contributed by atoms with Crippen molar-refractivity contribution < 1.29 is 0 Å². The van der Waals surface area contributed by atoms with Crippen molar-refractivity contribution in [2.75, 3.05) is 25.0 Å². The molecule has 0 aliphatic carbocycles. The molecule has 2 rings (SSSR count). The van der Waals surface area contributed by atoms with E-state index in [1.54, 1.807) is 0 Å². The lowest BCUT2D eigenvalue weighted by atomic mass is 10.1. The fourth-order valence-electron chi connectivity index (χ4n) is 2.91. The number of aryl methyl sites for hydroxylation is 2. The molecule has 1 fully saturated rings. The van der Waals surface area contributed by atoms with Gasteiger partial charge in [0.2, 0.25) is 0 Å². The van der Waals surface area contributed by atoms with Crippen molar-refractivity contribution >= 4 is 5.69 Å². The van der Waals surface area contributed by atoms with Gasteiger partial charge in [-0.3, -0.25) is 0 Å². The van der Waals surface area contributed by atoms with Gasteiger partial charge in [0.25, 0.3) is 0 Å². The first-order valence-corrected chi connectivity index (χ1v) is 7.24. The van der Waals surface area contributed by atoms with Gasteiger partial charge in [-0.25, -0.2) is 0 Å². The van der Waals surface area contributed by atoms with E-state index in [9.17, 15) is 0 Å². The molecule has 1 aromatic rings. The van der Waals surface area contributed by atoms with E-state index in [1.807, 2.05) is 0 Å². The predicted octanol–water partition coefficient (Wildman–Crippen LogP) is 3.59. The summed E-state index contributed by atoms with van der Waals surface area (Å²) < 4.78 is 0. The molecule has 1 atom stereocenters. The number of hydrogen-bond acceptors (Lipinski definition) is 2. The van der Waals surface area contributed by atoms with Crippen molar-refractivity contribution in [1.82, 2.24) is 4.90 Å². The summed E-state index contributed by atoms with van der Waals surface area (Å²) >= 11 is 0. The number of benzene rings is 1.